The summed E-state index contributed by atoms with van der Waals surface area (Å²) in [6.07, 6.45) is 1.32. The minimum Gasteiger partial charge on any atom is -0.376 e. The number of ether oxygens (including phenoxy) is 1. The van der Waals surface area contributed by atoms with E-state index < -0.39 is 15.6 Å². The zero-order chi connectivity index (χ0) is 17.4. The summed E-state index contributed by atoms with van der Waals surface area (Å²) in [6.45, 7) is 0.156. The highest BCUT2D eigenvalue weighted by Gasteiger charge is 2.38. The van der Waals surface area contributed by atoms with Crippen LogP contribution in [0.15, 0.2) is 47.4 Å². The van der Waals surface area contributed by atoms with Gasteiger partial charge >= 0.3 is 0 Å². The minimum absolute atomic E-state index is 0.0292. The van der Waals surface area contributed by atoms with Crippen LogP contribution in [0, 0.1) is 0 Å². The summed E-state index contributed by atoms with van der Waals surface area (Å²) in [5.41, 5.74) is 1.76. The predicted octanol–water partition coefficient (Wildman–Crippen LogP) is 3.46. The van der Waals surface area contributed by atoms with E-state index in [2.05, 4.69) is 4.72 Å². The number of fused-ring (bicyclic) bond motifs is 1. The molecule has 0 saturated heterocycles. The summed E-state index contributed by atoms with van der Waals surface area (Å²) in [5.74, 6) is 0. The van der Waals surface area contributed by atoms with Gasteiger partial charge in [0.25, 0.3) is 0 Å². The van der Waals surface area contributed by atoms with E-state index in [0.29, 0.717) is 17.9 Å². The highest BCUT2D eigenvalue weighted by atomic mass is 35.5. The summed E-state index contributed by atoms with van der Waals surface area (Å²) in [6, 6.07) is 12.4. The Morgan fingerprint density at radius 3 is 2.33 bits per heavy atom. The molecule has 1 N–H and O–H groups in total. The van der Waals surface area contributed by atoms with Gasteiger partial charge in [0.15, 0.2) is 0 Å². The second-order valence-corrected chi connectivity index (χ2v) is 8.49. The molecule has 7 heteroatoms. The van der Waals surface area contributed by atoms with Crippen molar-refractivity contribution < 1.29 is 13.2 Å². The van der Waals surface area contributed by atoms with E-state index in [1.54, 1.807) is 13.2 Å². The lowest BCUT2D eigenvalue weighted by Crippen LogP contribution is -2.45. The Balaban J connectivity index is 1.80. The number of methoxy groups -OCH3 is 1. The molecule has 24 heavy (non-hydrogen) atoms. The van der Waals surface area contributed by atoms with Crippen molar-refractivity contribution in [3.63, 3.8) is 0 Å². The van der Waals surface area contributed by atoms with E-state index >= 15 is 0 Å². The van der Waals surface area contributed by atoms with Crippen LogP contribution in [0.5, 0.6) is 0 Å². The van der Waals surface area contributed by atoms with E-state index in [4.69, 9.17) is 27.9 Å². The smallest absolute Gasteiger partial charge is 0.242 e. The summed E-state index contributed by atoms with van der Waals surface area (Å²) < 4.78 is 33.5. The predicted molar refractivity (Wildman–Crippen MR) is 95.2 cm³/mol. The maximum atomic E-state index is 12.6. The first-order chi connectivity index (χ1) is 11.4. The zero-order valence-electron chi connectivity index (χ0n) is 13.1. The van der Waals surface area contributed by atoms with Crippen molar-refractivity contribution in [1.29, 1.82) is 0 Å². The first kappa shape index (κ1) is 17.7. The number of hydrogen-bond donors (Lipinski definition) is 1. The quantitative estimate of drug-likeness (QED) is 0.857. The van der Waals surface area contributed by atoms with E-state index in [1.807, 2.05) is 24.3 Å². The van der Waals surface area contributed by atoms with Crippen molar-refractivity contribution in [2.75, 3.05) is 13.7 Å². The van der Waals surface area contributed by atoms with Crippen molar-refractivity contribution in [1.82, 2.24) is 4.72 Å². The molecule has 3 rings (SSSR count). The SMILES string of the molecule is COC1(CNS(=O)(=O)c2cc(Cl)ccc2Cl)Cc2ccccc2C1. The lowest BCUT2D eigenvalue weighted by atomic mass is 10.0. The third-order valence-electron chi connectivity index (χ3n) is 4.34. The van der Waals surface area contributed by atoms with Crippen molar-refractivity contribution in [2.24, 2.45) is 0 Å². The van der Waals surface area contributed by atoms with Gasteiger partial charge in [0.05, 0.1) is 10.6 Å². The van der Waals surface area contributed by atoms with Crippen LogP contribution in [0.3, 0.4) is 0 Å². The molecule has 0 radical (unpaired) electrons. The molecule has 4 nitrogen and oxygen atoms in total. The largest absolute Gasteiger partial charge is 0.376 e. The lowest BCUT2D eigenvalue weighted by Gasteiger charge is -2.27. The number of benzene rings is 2. The lowest BCUT2D eigenvalue weighted by molar-refractivity contribution is 0.00378. The molecular weight excluding hydrogens is 369 g/mol. The van der Waals surface area contributed by atoms with Crippen LogP contribution in [-0.4, -0.2) is 27.7 Å². The van der Waals surface area contributed by atoms with Gasteiger partial charge in [0.2, 0.25) is 10.0 Å². The second kappa shape index (κ2) is 6.65. The Bertz CT molecular complexity index is 843. The normalized spacial score (nSPS) is 16.1. The monoisotopic (exact) mass is 385 g/mol. The summed E-state index contributed by atoms with van der Waals surface area (Å²) in [5, 5.41) is 0.447. The van der Waals surface area contributed by atoms with Crippen LogP contribution in [0.1, 0.15) is 11.1 Å². The maximum Gasteiger partial charge on any atom is 0.242 e. The highest BCUT2D eigenvalue weighted by Crippen LogP contribution is 2.33. The molecule has 2 aromatic rings. The third-order valence-corrected chi connectivity index (χ3v) is 6.46. The van der Waals surface area contributed by atoms with Crippen LogP contribution >= 0.6 is 23.2 Å². The highest BCUT2D eigenvalue weighted by molar-refractivity contribution is 7.89. The topological polar surface area (TPSA) is 55.4 Å². The van der Waals surface area contributed by atoms with Crippen LogP contribution in [0.25, 0.3) is 0 Å². The van der Waals surface area contributed by atoms with Gasteiger partial charge in [-0.05, 0) is 29.3 Å². The fourth-order valence-corrected chi connectivity index (χ4v) is 4.86. The molecule has 0 heterocycles. The zero-order valence-corrected chi connectivity index (χ0v) is 15.4. The third kappa shape index (κ3) is 3.46. The fraction of sp³-hybridized carbons (Fsp3) is 0.294. The molecule has 0 amide bonds. The van der Waals surface area contributed by atoms with Crippen LogP contribution in [-0.2, 0) is 27.6 Å². The van der Waals surface area contributed by atoms with E-state index in [1.165, 1.54) is 23.3 Å². The van der Waals surface area contributed by atoms with E-state index in [0.717, 1.165) is 0 Å². The average molecular weight is 386 g/mol. The number of rotatable bonds is 5. The van der Waals surface area contributed by atoms with Crippen molar-refractivity contribution in [2.45, 2.75) is 23.3 Å². The van der Waals surface area contributed by atoms with Gasteiger partial charge in [0, 0.05) is 31.5 Å². The molecule has 0 spiro atoms. The molecule has 0 saturated carbocycles. The number of hydrogen-bond acceptors (Lipinski definition) is 3. The maximum absolute atomic E-state index is 12.6. The second-order valence-electron chi connectivity index (χ2n) is 5.91. The summed E-state index contributed by atoms with van der Waals surface area (Å²) in [7, 11) is -2.18. The minimum atomic E-state index is -3.78. The molecular formula is C17H17Cl2NO3S. The first-order valence-electron chi connectivity index (χ1n) is 7.42. The van der Waals surface area contributed by atoms with E-state index in [-0.39, 0.29) is 16.5 Å². The first-order valence-corrected chi connectivity index (χ1v) is 9.66. The van der Waals surface area contributed by atoms with Crippen LogP contribution < -0.4 is 4.72 Å². The van der Waals surface area contributed by atoms with Crippen molar-refractivity contribution >= 4 is 33.2 Å². The van der Waals surface area contributed by atoms with Gasteiger partial charge in [-0.25, -0.2) is 13.1 Å². The molecule has 0 unspecified atom stereocenters. The molecule has 0 atom stereocenters. The Morgan fingerprint density at radius 1 is 1.12 bits per heavy atom. The number of halogens is 2. The summed E-state index contributed by atoms with van der Waals surface area (Å²) in [4.78, 5) is -0.0292. The number of nitrogens with one attached hydrogen (secondary N) is 1. The van der Waals surface area contributed by atoms with Crippen molar-refractivity contribution in [3.05, 3.63) is 63.6 Å². The Kier molecular flexibility index (Phi) is 4.91. The average Bonchev–Trinajstić information content (AvgIpc) is 2.94. The summed E-state index contributed by atoms with van der Waals surface area (Å²) >= 11 is 11.9. The Labute approximate surface area is 151 Å². The molecule has 2 aromatic carbocycles. The molecule has 0 aromatic heterocycles. The Morgan fingerprint density at radius 2 is 1.75 bits per heavy atom. The molecule has 0 fully saturated rings. The van der Waals surface area contributed by atoms with Crippen LogP contribution in [0.2, 0.25) is 10.0 Å². The van der Waals surface area contributed by atoms with Gasteiger partial charge in [-0.3, -0.25) is 0 Å². The van der Waals surface area contributed by atoms with Gasteiger partial charge in [-0.15, -0.1) is 0 Å². The standard InChI is InChI=1S/C17H17Cl2NO3S/c1-23-17(9-12-4-2-3-5-13(12)10-17)11-20-24(21,22)16-8-14(18)6-7-15(16)19/h2-8,20H,9-11H2,1H3. The molecule has 1 aliphatic carbocycles. The van der Waals surface area contributed by atoms with Gasteiger partial charge < -0.3 is 4.74 Å². The number of sulfonamides is 1. The van der Waals surface area contributed by atoms with Gasteiger partial charge in [-0.2, -0.15) is 0 Å². The molecule has 1 aliphatic rings. The molecule has 128 valence electrons. The van der Waals surface area contributed by atoms with Gasteiger partial charge in [0.1, 0.15) is 4.90 Å². The molecule has 0 bridgehead atoms. The Hall–Kier alpha value is -1.11. The van der Waals surface area contributed by atoms with Gasteiger partial charge in [-0.1, -0.05) is 47.5 Å². The van der Waals surface area contributed by atoms with Crippen molar-refractivity contribution in [3.8, 4) is 0 Å². The molecule has 0 aliphatic heterocycles. The van der Waals surface area contributed by atoms with E-state index in [9.17, 15) is 8.42 Å². The fourth-order valence-electron chi connectivity index (χ4n) is 2.99. The van der Waals surface area contributed by atoms with Crippen LogP contribution in [0.4, 0.5) is 0 Å².